The number of aryl methyl sites for hydroxylation is 1. The highest BCUT2D eigenvalue weighted by Gasteiger charge is 2.13. The van der Waals surface area contributed by atoms with Gasteiger partial charge in [-0.15, -0.1) is 0 Å². The molecule has 2 aromatic carbocycles. The van der Waals surface area contributed by atoms with Gasteiger partial charge < -0.3 is 15.4 Å². The van der Waals surface area contributed by atoms with Gasteiger partial charge in [0.15, 0.2) is 6.61 Å². The van der Waals surface area contributed by atoms with Crippen molar-refractivity contribution in [2.45, 2.75) is 13.5 Å². The van der Waals surface area contributed by atoms with Crippen LogP contribution in [-0.2, 0) is 11.3 Å². The minimum atomic E-state index is -0.557. The second-order valence-electron chi connectivity index (χ2n) is 5.37. The van der Waals surface area contributed by atoms with Gasteiger partial charge in [-0.3, -0.25) is 9.59 Å². The molecule has 0 aliphatic carbocycles. The molecule has 5 nitrogen and oxygen atoms in total. The van der Waals surface area contributed by atoms with E-state index in [0.29, 0.717) is 17.9 Å². The normalized spacial score (nSPS) is 10.2. The summed E-state index contributed by atoms with van der Waals surface area (Å²) in [4.78, 5) is 24.9. The number of carbonyl (C=O) groups is 2. The molecule has 0 saturated heterocycles. The van der Waals surface area contributed by atoms with Crippen LogP contribution in [-0.4, -0.2) is 30.4 Å². The summed E-state index contributed by atoms with van der Waals surface area (Å²) < 4.78 is 5.23. The van der Waals surface area contributed by atoms with Gasteiger partial charge in [0.2, 0.25) is 0 Å². The molecule has 23 heavy (non-hydrogen) atoms. The smallest absolute Gasteiger partial charge is 0.255 e. The molecule has 120 valence electrons. The molecule has 0 atom stereocenters. The van der Waals surface area contributed by atoms with Gasteiger partial charge in [0, 0.05) is 19.2 Å². The van der Waals surface area contributed by atoms with Gasteiger partial charge in [-0.2, -0.15) is 0 Å². The zero-order valence-electron chi connectivity index (χ0n) is 13.3. The average Bonchev–Trinajstić information content (AvgIpc) is 2.54. The van der Waals surface area contributed by atoms with Crippen LogP contribution in [0, 0.1) is 6.92 Å². The molecule has 0 spiro atoms. The molecule has 2 amide bonds. The largest absolute Gasteiger partial charge is 0.484 e. The molecular formula is C18H20N2O3. The molecule has 2 rings (SSSR count). The number of nitrogens with zero attached hydrogens (tertiary/aromatic N) is 1. The molecule has 0 radical (unpaired) electrons. The maximum absolute atomic E-state index is 12.5. The van der Waals surface area contributed by atoms with E-state index in [9.17, 15) is 9.59 Å². The fourth-order valence-corrected chi connectivity index (χ4v) is 2.21. The number of hydrogen-bond donors (Lipinski definition) is 1. The van der Waals surface area contributed by atoms with Crippen LogP contribution >= 0.6 is 0 Å². The summed E-state index contributed by atoms with van der Waals surface area (Å²) in [6.07, 6.45) is 0. The third-order valence-corrected chi connectivity index (χ3v) is 3.48. The second kappa shape index (κ2) is 7.45. The van der Waals surface area contributed by atoms with Crippen LogP contribution in [0.1, 0.15) is 21.5 Å². The fraction of sp³-hybridized carbons (Fsp3) is 0.222. The topological polar surface area (TPSA) is 72.6 Å². The number of rotatable bonds is 6. The molecule has 0 aliphatic heterocycles. The summed E-state index contributed by atoms with van der Waals surface area (Å²) in [6, 6.07) is 14.7. The van der Waals surface area contributed by atoms with Crippen LogP contribution in [0.4, 0.5) is 0 Å². The van der Waals surface area contributed by atoms with E-state index in [1.165, 1.54) is 0 Å². The van der Waals surface area contributed by atoms with Crippen molar-refractivity contribution >= 4 is 11.8 Å². The number of amides is 2. The van der Waals surface area contributed by atoms with Crippen molar-refractivity contribution in [3.63, 3.8) is 0 Å². The molecule has 0 heterocycles. The number of carbonyl (C=O) groups excluding carboxylic acids is 2. The minimum absolute atomic E-state index is 0.113. The van der Waals surface area contributed by atoms with Gasteiger partial charge in [-0.25, -0.2) is 0 Å². The molecule has 2 N–H and O–H groups in total. The van der Waals surface area contributed by atoms with Crippen LogP contribution in [0.5, 0.6) is 5.75 Å². The van der Waals surface area contributed by atoms with Crippen molar-refractivity contribution in [2.75, 3.05) is 13.7 Å². The number of ether oxygens (including phenoxy) is 1. The summed E-state index contributed by atoms with van der Waals surface area (Å²) in [5, 5.41) is 0. The Bertz CT molecular complexity index is 713. The first kappa shape index (κ1) is 16.5. The number of primary amides is 1. The van der Waals surface area contributed by atoms with Crippen LogP contribution in [0.15, 0.2) is 48.5 Å². The van der Waals surface area contributed by atoms with E-state index >= 15 is 0 Å². The number of benzene rings is 2. The third kappa shape index (κ3) is 4.57. The van der Waals surface area contributed by atoms with Gasteiger partial charge in [0.05, 0.1) is 0 Å². The lowest BCUT2D eigenvalue weighted by Crippen LogP contribution is -2.26. The van der Waals surface area contributed by atoms with Crippen LogP contribution in [0.25, 0.3) is 0 Å². The lowest BCUT2D eigenvalue weighted by molar-refractivity contribution is -0.119. The van der Waals surface area contributed by atoms with Crippen LogP contribution in [0.3, 0.4) is 0 Å². The SMILES string of the molecule is Cc1ccccc1CN(C)C(=O)c1cccc(OCC(N)=O)c1. The minimum Gasteiger partial charge on any atom is -0.484 e. The number of hydrogen-bond acceptors (Lipinski definition) is 3. The summed E-state index contributed by atoms with van der Waals surface area (Å²) >= 11 is 0. The van der Waals surface area contributed by atoms with Crippen LogP contribution in [0.2, 0.25) is 0 Å². The highest BCUT2D eigenvalue weighted by molar-refractivity contribution is 5.94. The molecule has 0 aromatic heterocycles. The summed E-state index contributed by atoms with van der Waals surface area (Å²) in [7, 11) is 1.76. The van der Waals surface area contributed by atoms with Crippen molar-refractivity contribution in [1.82, 2.24) is 4.90 Å². The molecule has 0 saturated carbocycles. The molecule has 0 aliphatic rings. The Kier molecular flexibility index (Phi) is 5.36. The van der Waals surface area contributed by atoms with E-state index in [2.05, 4.69) is 0 Å². The van der Waals surface area contributed by atoms with E-state index in [1.807, 2.05) is 31.2 Å². The van der Waals surface area contributed by atoms with Gasteiger partial charge in [0.25, 0.3) is 11.8 Å². The van der Waals surface area contributed by atoms with Crippen molar-refractivity contribution in [1.29, 1.82) is 0 Å². The average molecular weight is 312 g/mol. The van der Waals surface area contributed by atoms with Crippen molar-refractivity contribution < 1.29 is 14.3 Å². The Hall–Kier alpha value is -2.82. The van der Waals surface area contributed by atoms with E-state index in [0.717, 1.165) is 11.1 Å². The van der Waals surface area contributed by atoms with Crippen molar-refractivity contribution in [3.8, 4) is 5.75 Å². The van der Waals surface area contributed by atoms with E-state index in [4.69, 9.17) is 10.5 Å². The Morgan fingerprint density at radius 1 is 1.13 bits per heavy atom. The summed E-state index contributed by atoms with van der Waals surface area (Å²) in [5.41, 5.74) is 7.80. The summed E-state index contributed by atoms with van der Waals surface area (Å²) in [5.74, 6) is -0.227. The van der Waals surface area contributed by atoms with Gasteiger partial charge in [-0.1, -0.05) is 30.3 Å². The third-order valence-electron chi connectivity index (χ3n) is 3.48. The molecule has 0 fully saturated rings. The Morgan fingerprint density at radius 2 is 1.87 bits per heavy atom. The van der Waals surface area contributed by atoms with Gasteiger partial charge in [0.1, 0.15) is 5.75 Å². The van der Waals surface area contributed by atoms with E-state index in [-0.39, 0.29) is 12.5 Å². The maximum Gasteiger partial charge on any atom is 0.255 e. The zero-order chi connectivity index (χ0) is 16.8. The monoisotopic (exact) mass is 312 g/mol. The number of nitrogens with two attached hydrogens (primary N) is 1. The quantitative estimate of drug-likeness (QED) is 0.888. The first-order chi connectivity index (χ1) is 11.0. The maximum atomic E-state index is 12.5. The van der Waals surface area contributed by atoms with Crippen molar-refractivity contribution in [2.24, 2.45) is 5.73 Å². The van der Waals surface area contributed by atoms with E-state index in [1.54, 1.807) is 36.2 Å². The Labute approximate surface area is 135 Å². The Morgan fingerprint density at radius 3 is 2.57 bits per heavy atom. The van der Waals surface area contributed by atoms with E-state index < -0.39 is 5.91 Å². The first-order valence-electron chi connectivity index (χ1n) is 7.28. The van der Waals surface area contributed by atoms with Gasteiger partial charge in [-0.05, 0) is 36.2 Å². The zero-order valence-corrected chi connectivity index (χ0v) is 13.3. The molecular weight excluding hydrogens is 292 g/mol. The standard InChI is InChI=1S/C18H20N2O3/c1-13-6-3-4-7-15(13)11-20(2)18(22)14-8-5-9-16(10-14)23-12-17(19)21/h3-10H,11-12H2,1-2H3,(H2,19,21). The first-order valence-corrected chi connectivity index (χ1v) is 7.28. The molecule has 0 bridgehead atoms. The van der Waals surface area contributed by atoms with Crippen LogP contribution < -0.4 is 10.5 Å². The Balaban J connectivity index is 2.08. The lowest BCUT2D eigenvalue weighted by Gasteiger charge is -2.19. The predicted molar refractivity (Wildman–Crippen MR) is 88.1 cm³/mol. The highest BCUT2D eigenvalue weighted by atomic mass is 16.5. The summed E-state index contributed by atoms with van der Waals surface area (Å²) in [6.45, 7) is 2.33. The molecule has 2 aromatic rings. The van der Waals surface area contributed by atoms with Gasteiger partial charge >= 0.3 is 0 Å². The molecule has 0 unspecified atom stereocenters. The predicted octanol–water partition coefficient (Wildman–Crippen LogP) is 2.13. The second-order valence-corrected chi connectivity index (χ2v) is 5.37. The molecule has 5 heteroatoms. The highest BCUT2D eigenvalue weighted by Crippen LogP contribution is 2.16. The van der Waals surface area contributed by atoms with Crippen molar-refractivity contribution in [3.05, 3.63) is 65.2 Å². The fourth-order valence-electron chi connectivity index (χ4n) is 2.21. The lowest BCUT2D eigenvalue weighted by atomic mass is 10.1.